The lowest BCUT2D eigenvalue weighted by Crippen LogP contribution is -2.38. The van der Waals surface area contributed by atoms with Gasteiger partial charge in [-0.3, -0.25) is 14.5 Å². The number of anilines is 1. The number of carbonyl (C=O) groups is 2. The van der Waals surface area contributed by atoms with Crippen molar-refractivity contribution in [2.45, 2.75) is 26.3 Å². The number of carbonyl (C=O) groups excluding carboxylic acids is 2. The van der Waals surface area contributed by atoms with Gasteiger partial charge >= 0.3 is 5.97 Å². The van der Waals surface area contributed by atoms with E-state index in [4.69, 9.17) is 0 Å². The molecule has 0 aromatic heterocycles. The van der Waals surface area contributed by atoms with Crippen LogP contribution in [0.25, 0.3) is 0 Å². The minimum absolute atomic E-state index is 0.117. The van der Waals surface area contributed by atoms with Crippen LogP contribution in [0.4, 0.5) is 10.1 Å². The molecule has 0 fully saturated rings. The van der Waals surface area contributed by atoms with Gasteiger partial charge in [-0.2, -0.15) is 0 Å². The number of ether oxygens (including phenoxy) is 1. The van der Waals surface area contributed by atoms with Crippen LogP contribution in [0.1, 0.15) is 20.3 Å². The zero-order valence-corrected chi connectivity index (χ0v) is 12.6. The Morgan fingerprint density at radius 3 is 2.67 bits per heavy atom. The van der Waals surface area contributed by atoms with E-state index < -0.39 is 5.82 Å². The van der Waals surface area contributed by atoms with Crippen LogP contribution in [0, 0.1) is 5.82 Å². The van der Waals surface area contributed by atoms with Gasteiger partial charge in [-0.1, -0.05) is 6.07 Å². The Morgan fingerprint density at radius 1 is 1.38 bits per heavy atom. The lowest BCUT2D eigenvalue weighted by Gasteiger charge is -2.24. The molecule has 1 amide bonds. The lowest BCUT2D eigenvalue weighted by atomic mass is 10.2. The summed E-state index contributed by atoms with van der Waals surface area (Å²) in [5.74, 6) is -0.965. The fraction of sp³-hybridized carbons (Fsp3) is 0.467. The first-order valence-corrected chi connectivity index (χ1v) is 6.78. The number of amides is 1. The van der Waals surface area contributed by atoms with E-state index in [0.717, 1.165) is 0 Å². The van der Waals surface area contributed by atoms with Crippen LogP contribution in [0.15, 0.2) is 24.3 Å². The van der Waals surface area contributed by atoms with Crippen molar-refractivity contribution in [3.8, 4) is 0 Å². The zero-order chi connectivity index (χ0) is 15.8. The van der Waals surface area contributed by atoms with Crippen molar-refractivity contribution in [3.05, 3.63) is 30.1 Å². The van der Waals surface area contributed by atoms with Crippen molar-refractivity contribution in [3.63, 3.8) is 0 Å². The van der Waals surface area contributed by atoms with Gasteiger partial charge in [-0.05, 0) is 32.0 Å². The van der Waals surface area contributed by atoms with Crippen molar-refractivity contribution in [1.29, 1.82) is 0 Å². The lowest BCUT2D eigenvalue weighted by molar-refractivity contribution is -0.142. The molecule has 1 rings (SSSR count). The summed E-state index contributed by atoms with van der Waals surface area (Å²) in [5, 5.41) is 2.62. The number of esters is 1. The van der Waals surface area contributed by atoms with E-state index in [0.29, 0.717) is 12.2 Å². The Bertz CT molecular complexity index is 492. The van der Waals surface area contributed by atoms with Gasteiger partial charge in [0.05, 0.1) is 13.7 Å². The van der Waals surface area contributed by atoms with E-state index in [1.54, 1.807) is 6.07 Å². The summed E-state index contributed by atoms with van der Waals surface area (Å²) < 4.78 is 17.6. The molecule has 0 unspecified atom stereocenters. The maximum atomic E-state index is 13.0. The number of nitrogens with one attached hydrogen (secondary N) is 1. The summed E-state index contributed by atoms with van der Waals surface area (Å²) in [5.41, 5.74) is 0.420. The number of methoxy groups -OCH3 is 1. The predicted molar refractivity (Wildman–Crippen MR) is 78.4 cm³/mol. The average molecular weight is 296 g/mol. The molecule has 0 saturated heterocycles. The first kappa shape index (κ1) is 17.1. The molecule has 1 aromatic rings. The molecule has 0 radical (unpaired) electrons. The van der Waals surface area contributed by atoms with Crippen molar-refractivity contribution in [2.24, 2.45) is 0 Å². The molecule has 0 aliphatic heterocycles. The maximum Gasteiger partial charge on any atom is 0.319 e. The summed E-state index contributed by atoms with van der Waals surface area (Å²) in [6, 6.07) is 5.84. The highest BCUT2D eigenvalue weighted by molar-refractivity contribution is 5.90. The Labute approximate surface area is 124 Å². The van der Waals surface area contributed by atoms with E-state index >= 15 is 0 Å². The topological polar surface area (TPSA) is 58.6 Å². The molecule has 5 nitrogen and oxygen atoms in total. The molecular formula is C15H21FN2O3. The van der Waals surface area contributed by atoms with Crippen LogP contribution < -0.4 is 5.32 Å². The van der Waals surface area contributed by atoms with Gasteiger partial charge in [0.25, 0.3) is 0 Å². The highest BCUT2D eigenvalue weighted by Crippen LogP contribution is 2.09. The number of hydrogen-bond donors (Lipinski definition) is 1. The highest BCUT2D eigenvalue weighted by atomic mass is 19.1. The molecule has 0 spiro atoms. The number of halogens is 1. The first-order valence-electron chi connectivity index (χ1n) is 6.78. The van der Waals surface area contributed by atoms with Crippen LogP contribution in [-0.2, 0) is 14.3 Å². The van der Waals surface area contributed by atoms with Crippen molar-refractivity contribution < 1.29 is 18.7 Å². The Balaban J connectivity index is 2.48. The predicted octanol–water partition coefficient (Wildman–Crippen LogP) is 2.04. The molecule has 0 bridgehead atoms. The number of nitrogens with zero attached hydrogens (tertiary/aromatic N) is 1. The molecule has 6 heteroatoms. The van der Waals surface area contributed by atoms with E-state index in [1.165, 1.54) is 25.3 Å². The molecule has 1 aromatic carbocycles. The zero-order valence-electron chi connectivity index (χ0n) is 12.6. The fourth-order valence-electron chi connectivity index (χ4n) is 1.79. The summed E-state index contributed by atoms with van der Waals surface area (Å²) in [6.45, 7) is 4.44. The van der Waals surface area contributed by atoms with E-state index in [1.807, 2.05) is 18.7 Å². The van der Waals surface area contributed by atoms with Crippen LogP contribution in [-0.4, -0.2) is 43.0 Å². The Kier molecular flexibility index (Phi) is 6.81. The average Bonchev–Trinajstić information content (AvgIpc) is 2.42. The van der Waals surface area contributed by atoms with Gasteiger partial charge in [0.15, 0.2) is 0 Å². The van der Waals surface area contributed by atoms with E-state index in [-0.39, 0.29) is 30.9 Å². The molecule has 0 saturated carbocycles. The van der Waals surface area contributed by atoms with Crippen molar-refractivity contribution in [1.82, 2.24) is 4.90 Å². The summed E-state index contributed by atoms with van der Waals surface area (Å²) in [6.07, 6.45) is 0.214. The largest absolute Gasteiger partial charge is 0.468 e. The smallest absolute Gasteiger partial charge is 0.319 e. The maximum absolute atomic E-state index is 13.0. The third kappa shape index (κ3) is 6.35. The SMILES string of the molecule is COC(=O)CN(CCC(=O)Nc1cccc(F)c1)C(C)C. The second-order valence-electron chi connectivity index (χ2n) is 4.95. The summed E-state index contributed by atoms with van der Waals surface area (Å²) in [4.78, 5) is 25.0. The second kappa shape index (κ2) is 8.36. The molecule has 116 valence electrons. The van der Waals surface area contributed by atoms with Crippen molar-refractivity contribution >= 4 is 17.6 Å². The summed E-state index contributed by atoms with van der Waals surface area (Å²) >= 11 is 0. The Hall–Kier alpha value is -1.95. The van der Waals surface area contributed by atoms with Crippen LogP contribution in [0.5, 0.6) is 0 Å². The van der Waals surface area contributed by atoms with Gasteiger partial charge in [-0.15, -0.1) is 0 Å². The van der Waals surface area contributed by atoms with Crippen LogP contribution in [0.2, 0.25) is 0 Å². The van der Waals surface area contributed by atoms with Crippen LogP contribution in [0.3, 0.4) is 0 Å². The molecule has 0 aliphatic carbocycles. The minimum atomic E-state index is -0.401. The number of rotatable bonds is 7. The molecule has 0 heterocycles. The standard InChI is InChI=1S/C15H21FN2O3/c1-11(2)18(10-15(20)21-3)8-7-14(19)17-13-6-4-5-12(16)9-13/h4-6,9,11H,7-8,10H2,1-3H3,(H,17,19). The fourth-order valence-corrected chi connectivity index (χ4v) is 1.79. The van der Waals surface area contributed by atoms with Gasteiger partial charge < -0.3 is 10.1 Å². The Morgan fingerprint density at radius 2 is 2.10 bits per heavy atom. The normalized spacial score (nSPS) is 10.8. The first-order chi connectivity index (χ1) is 9.92. The quantitative estimate of drug-likeness (QED) is 0.782. The van der Waals surface area contributed by atoms with Gasteiger partial charge in [-0.25, -0.2) is 4.39 Å². The van der Waals surface area contributed by atoms with Crippen molar-refractivity contribution in [2.75, 3.05) is 25.5 Å². The van der Waals surface area contributed by atoms with E-state index in [2.05, 4.69) is 10.1 Å². The molecular weight excluding hydrogens is 275 g/mol. The monoisotopic (exact) mass is 296 g/mol. The minimum Gasteiger partial charge on any atom is -0.468 e. The van der Waals surface area contributed by atoms with E-state index in [9.17, 15) is 14.0 Å². The van der Waals surface area contributed by atoms with Gasteiger partial charge in [0.2, 0.25) is 5.91 Å². The summed E-state index contributed by atoms with van der Waals surface area (Å²) in [7, 11) is 1.33. The number of benzene rings is 1. The molecule has 21 heavy (non-hydrogen) atoms. The molecule has 0 aliphatic rings. The van der Waals surface area contributed by atoms with Gasteiger partial charge in [0, 0.05) is 24.7 Å². The van der Waals surface area contributed by atoms with Gasteiger partial charge in [0.1, 0.15) is 5.82 Å². The number of hydrogen-bond acceptors (Lipinski definition) is 4. The second-order valence-corrected chi connectivity index (χ2v) is 4.95. The third-order valence-electron chi connectivity index (χ3n) is 3.02. The molecule has 0 atom stereocenters. The van der Waals surface area contributed by atoms with Crippen LogP contribution >= 0.6 is 0 Å². The third-order valence-corrected chi connectivity index (χ3v) is 3.02. The molecule has 1 N–H and O–H groups in total. The highest BCUT2D eigenvalue weighted by Gasteiger charge is 2.15.